The fraction of sp³-hybridized carbons (Fsp3) is 0. The maximum atomic E-state index is 13.8. The molecule has 0 saturated heterocycles. The van der Waals surface area contributed by atoms with Crippen molar-refractivity contribution in [1.82, 2.24) is 4.73 Å². The zero-order valence-corrected chi connectivity index (χ0v) is 11.0. The second kappa shape index (κ2) is 4.98. The number of nitrogens with zero attached hydrogens (tertiary/aromatic N) is 1. The van der Waals surface area contributed by atoms with Gasteiger partial charge in [0.15, 0.2) is 5.82 Å². The van der Waals surface area contributed by atoms with Crippen LogP contribution in [0, 0.1) is 5.82 Å². The number of fused-ring (bicyclic) bond motifs is 1. The molecule has 20 heavy (non-hydrogen) atoms. The third kappa shape index (κ3) is 2.14. The van der Waals surface area contributed by atoms with Gasteiger partial charge in [-0.25, -0.2) is 9.18 Å². The SMILES string of the molecule is O=C(On1ccc2ccccc21)c1cccc(Cl)c1F. The summed E-state index contributed by atoms with van der Waals surface area (Å²) in [5.41, 5.74) is 0.526. The van der Waals surface area contributed by atoms with E-state index in [-0.39, 0.29) is 10.6 Å². The van der Waals surface area contributed by atoms with Crippen molar-refractivity contribution in [2.75, 3.05) is 0 Å². The van der Waals surface area contributed by atoms with Crippen LogP contribution < -0.4 is 4.84 Å². The lowest BCUT2D eigenvalue weighted by atomic mass is 10.2. The molecule has 0 spiro atoms. The smallest absolute Gasteiger partial charge is 0.331 e. The van der Waals surface area contributed by atoms with Gasteiger partial charge in [-0.3, -0.25) is 0 Å². The zero-order chi connectivity index (χ0) is 14.1. The van der Waals surface area contributed by atoms with Crippen LogP contribution >= 0.6 is 11.6 Å². The number of para-hydroxylation sites is 1. The van der Waals surface area contributed by atoms with Gasteiger partial charge in [0.05, 0.1) is 16.1 Å². The summed E-state index contributed by atoms with van der Waals surface area (Å²) in [6, 6.07) is 13.4. The van der Waals surface area contributed by atoms with Gasteiger partial charge in [0, 0.05) is 11.6 Å². The summed E-state index contributed by atoms with van der Waals surface area (Å²) in [5, 5.41) is 0.809. The van der Waals surface area contributed by atoms with Crippen molar-refractivity contribution in [3.8, 4) is 0 Å². The summed E-state index contributed by atoms with van der Waals surface area (Å²) >= 11 is 5.65. The van der Waals surface area contributed by atoms with Crippen LogP contribution in [0.4, 0.5) is 4.39 Å². The molecule has 1 heterocycles. The van der Waals surface area contributed by atoms with Crippen molar-refractivity contribution in [3.63, 3.8) is 0 Å². The van der Waals surface area contributed by atoms with Gasteiger partial charge >= 0.3 is 5.97 Å². The first-order valence-electron chi connectivity index (χ1n) is 5.89. The molecule has 1 aromatic heterocycles. The second-order valence-electron chi connectivity index (χ2n) is 4.18. The Bertz CT molecular complexity index is 797. The number of hydrogen-bond acceptors (Lipinski definition) is 2. The molecule has 0 fully saturated rings. The van der Waals surface area contributed by atoms with Crippen LogP contribution in [0.3, 0.4) is 0 Å². The van der Waals surface area contributed by atoms with Crippen LogP contribution in [0.5, 0.6) is 0 Å². The highest BCUT2D eigenvalue weighted by Crippen LogP contribution is 2.19. The van der Waals surface area contributed by atoms with Gasteiger partial charge in [-0.15, -0.1) is 0 Å². The van der Waals surface area contributed by atoms with Crippen molar-refractivity contribution >= 4 is 28.5 Å². The lowest BCUT2D eigenvalue weighted by Crippen LogP contribution is -2.20. The molecular weight excluding hydrogens is 281 g/mol. The topological polar surface area (TPSA) is 31.2 Å². The summed E-state index contributed by atoms with van der Waals surface area (Å²) in [4.78, 5) is 17.2. The Morgan fingerprint density at radius 1 is 1.10 bits per heavy atom. The predicted octanol–water partition coefficient (Wildman–Crippen LogP) is 3.70. The number of aromatic nitrogens is 1. The average Bonchev–Trinajstić information content (AvgIpc) is 2.85. The molecule has 5 heteroatoms. The normalized spacial score (nSPS) is 10.7. The van der Waals surface area contributed by atoms with Crippen molar-refractivity contribution in [2.45, 2.75) is 0 Å². The van der Waals surface area contributed by atoms with Crippen LogP contribution in [-0.4, -0.2) is 10.7 Å². The van der Waals surface area contributed by atoms with Crippen molar-refractivity contribution < 1.29 is 14.0 Å². The van der Waals surface area contributed by atoms with E-state index in [1.807, 2.05) is 18.2 Å². The van der Waals surface area contributed by atoms with Gasteiger partial charge < -0.3 is 4.84 Å². The summed E-state index contributed by atoms with van der Waals surface area (Å²) in [6.45, 7) is 0. The van der Waals surface area contributed by atoms with Gasteiger partial charge in [0.25, 0.3) is 0 Å². The molecule has 3 rings (SSSR count). The minimum absolute atomic E-state index is 0.114. The van der Waals surface area contributed by atoms with E-state index in [4.69, 9.17) is 16.4 Å². The molecule has 3 aromatic rings. The summed E-state index contributed by atoms with van der Waals surface area (Å²) in [7, 11) is 0. The quantitative estimate of drug-likeness (QED) is 0.720. The lowest BCUT2D eigenvalue weighted by molar-refractivity contribution is 0.0477. The van der Waals surface area contributed by atoms with Gasteiger partial charge in [0.2, 0.25) is 0 Å². The summed E-state index contributed by atoms with van der Waals surface area (Å²) in [6.07, 6.45) is 1.60. The van der Waals surface area contributed by atoms with E-state index in [0.29, 0.717) is 0 Å². The van der Waals surface area contributed by atoms with Crippen molar-refractivity contribution in [2.24, 2.45) is 0 Å². The Labute approximate surface area is 119 Å². The van der Waals surface area contributed by atoms with Crippen LogP contribution in [0.15, 0.2) is 54.7 Å². The number of halogens is 2. The molecule has 0 unspecified atom stereocenters. The van der Waals surface area contributed by atoms with E-state index in [1.165, 1.54) is 22.9 Å². The molecule has 0 bridgehead atoms. The van der Waals surface area contributed by atoms with E-state index >= 15 is 0 Å². The number of carbonyl (C=O) groups is 1. The van der Waals surface area contributed by atoms with E-state index < -0.39 is 11.8 Å². The first kappa shape index (κ1) is 12.7. The first-order chi connectivity index (χ1) is 9.66. The molecule has 100 valence electrons. The summed E-state index contributed by atoms with van der Waals surface area (Å²) in [5.74, 6) is -1.58. The Hall–Kier alpha value is -2.33. The highest BCUT2D eigenvalue weighted by molar-refractivity contribution is 6.31. The highest BCUT2D eigenvalue weighted by Gasteiger charge is 2.17. The Kier molecular flexibility index (Phi) is 3.16. The van der Waals surface area contributed by atoms with Crippen LogP contribution in [0.2, 0.25) is 5.02 Å². The fourth-order valence-electron chi connectivity index (χ4n) is 1.94. The lowest BCUT2D eigenvalue weighted by Gasteiger charge is -2.07. The third-order valence-electron chi connectivity index (χ3n) is 2.92. The minimum Gasteiger partial charge on any atom is -0.331 e. The molecule has 3 nitrogen and oxygen atoms in total. The summed E-state index contributed by atoms with van der Waals surface area (Å²) < 4.78 is 15.1. The van der Waals surface area contributed by atoms with E-state index in [9.17, 15) is 9.18 Å². The van der Waals surface area contributed by atoms with Crippen molar-refractivity contribution in [3.05, 3.63) is 71.1 Å². The fourth-order valence-corrected chi connectivity index (χ4v) is 2.11. The van der Waals surface area contributed by atoms with Gasteiger partial charge in [-0.2, -0.15) is 4.73 Å². The zero-order valence-electron chi connectivity index (χ0n) is 10.2. The van der Waals surface area contributed by atoms with E-state index in [1.54, 1.807) is 18.3 Å². The maximum absolute atomic E-state index is 13.8. The Balaban J connectivity index is 1.95. The van der Waals surface area contributed by atoms with E-state index in [0.717, 1.165) is 10.9 Å². The van der Waals surface area contributed by atoms with Crippen LogP contribution in [0.1, 0.15) is 10.4 Å². The first-order valence-corrected chi connectivity index (χ1v) is 6.27. The molecular formula is C15H9ClFNO2. The monoisotopic (exact) mass is 289 g/mol. The molecule has 2 aromatic carbocycles. The van der Waals surface area contributed by atoms with E-state index in [2.05, 4.69) is 0 Å². The molecule has 0 N–H and O–H groups in total. The molecule has 0 aliphatic rings. The number of carbonyl (C=O) groups excluding carboxylic acids is 1. The largest absolute Gasteiger partial charge is 0.366 e. The Morgan fingerprint density at radius 3 is 2.75 bits per heavy atom. The second-order valence-corrected chi connectivity index (χ2v) is 4.59. The standard InChI is InChI=1S/C15H9ClFNO2/c16-12-6-3-5-11(14(12)17)15(19)20-18-9-8-10-4-1-2-7-13(10)18/h1-9H. The maximum Gasteiger partial charge on any atom is 0.366 e. The van der Waals surface area contributed by atoms with Crippen LogP contribution in [-0.2, 0) is 0 Å². The number of rotatable bonds is 2. The molecule has 0 radical (unpaired) electrons. The molecule has 0 atom stereocenters. The molecule has 0 saturated carbocycles. The minimum atomic E-state index is -0.800. The number of hydrogen-bond donors (Lipinski definition) is 0. The van der Waals surface area contributed by atoms with Gasteiger partial charge in [0.1, 0.15) is 0 Å². The Morgan fingerprint density at radius 2 is 1.90 bits per heavy atom. The van der Waals surface area contributed by atoms with Crippen molar-refractivity contribution in [1.29, 1.82) is 0 Å². The van der Waals surface area contributed by atoms with Crippen LogP contribution in [0.25, 0.3) is 10.9 Å². The van der Waals surface area contributed by atoms with Gasteiger partial charge in [-0.05, 0) is 24.3 Å². The van der Waals surface area contributed by atoms with Gasteiger partial charge in [-0.1, -0.05) is 35.9 Å². The average molecular weight is 290 g/mol. The third-order valence-corrected chi connectivity index (χ3v) is 3.21. The molecule has 0 amide bonds. The molecule has 0 aliphatic carbocycles. The molecule has 0 aliphatic heterocycles. The highest BCUT2D eigenvalue weighted by atomic mass is 35.5. The predicted molar refractivity (Wildman–Crippen MR) is 74.3 cm³/mol. The number of benzene rings is 2.